The SMILES string of the molecule is CCOC(=O)C(C)(CCCN1CCOCC1CC)NC. The van der Waals surface area contributed by atoms with Crippen molar-refractivity contribution in [3.63, 3.8) is 0 Å². The first-order valence-electron chi connectivity index (χ1n) is 7.75. The van der Waals surface area contributed by atoms with Gasteiger partial charge in [-0.15, -0.1) is 0 Å². The number of hydrogen-bond acceptors (Lipinski definition) is 5. The Bertz CT molecular complexity index is 299. The number of carbonyl (C=O) groups excluding carboxylic acids is 1. The number of likely N-dealkylation sites (N-methyl/N-ethyl adjacent to an activating group) is 1. The Kier molecular flexibility index (Phi) is 7.48. The van der Waals surface area contributed by atoms with Crippen molar-refractivity contribution in [2.24, 2.45) is 0 Å². The summed E-state index contributed by atoms with van der Waals surface area (Å²) < 4.78 is 10.7. The Labute approximate surface area is 123 Å². The number of ether oxygens (including phenoxy) is 2. The fourth-order valence-electron chi connectivity index (χ4n) is 2.61. The molecule has 0 saturated carbocycles. The second kappa shape index (κ2) is 8.60. The van der Waals surface area contributed by atoms with E-state index in [0.29, 0.717) is 12.6 Å². The summed E-state index contributed by atoms with van der Waals surface area (Å²) in [5.74, 6) is -0.156. The van der Waals surface area contributed by atoms with E-state index < -0.39 is 5.54 Å². The Morgan fingerprint density at radius 2 is 2.25 bits per heavy atom. The van der Waals surface area contributed by atoms with Crippen molar-refractivity contribution in [3.8, 4) is 0 Å². The van der Waals surface area contributed by atoms with E-state index in [1.165, 1.54) is 0 Å². The highest BCUT2D eigenvalue weighted by Gasteiger charge is 2.32. The molecule has 0 aliphatic carbocycles. The van der Waals surface area contributed by atoms with Crippen molar-refractivity contribution in [2.75, 3.05) is 40.0 Å². The minimum Gasteiger partial charge on any atom is -0.465 e. The van der Waals surface area contributed by atoms with E-state index in [2.05, 4.69) is 17.1 Å². The maximum Gasteiger partial charge on any atom is 0.326 e. The Balaban J connectivity index is 2.42. The van der Waals surface area contributed by atoms with Gasteiger partial charge in [-0.3, -0.25) is 9.69 Å². The van der Waals surface area contributed by atoms with Gasteiger partial charge in [0.2, 0.25) is 0 Å². The number of carbonyl (C=O) groups is 1. The summed E-state index contributed by atoms with van der Waals surface area (Å²) in [4.78, 5) is 14.5. The quantitative estimate of drug-likeness (QED) is 0.684. The number of nitrogens with zero attached hydrogens (tertiary/aromatic N) is 1. The van der Waals surface area contributed by atoms with Gasteiger partial charge in [-0.2, -0.15) is 0 Å². The molecule has 2 unspecified atom stereocenters. The second-order valence-corrected chi connectivity index (χ2v) is 5.58. The van der Waals surface area contributed by atoms with Crippen molar-refractivity contribution in [3.05, 3.63) is 0 Å². The summed E-state index contributed by atoms with van der Waals surface area (Å²) in [5, 5.41) is 3.11. The third-order valence-corrected chi connectivity index (χ3v) is 4.22. The number of rotatable bonds is 8. The summed E-state index contributed by atoms with van der Waals surface area (Å²) in [6.45, 7) is 10.0. The van der Waals surface area contributed by atoms with E-state index in [0.717, 1.165) is 45.6 Å². The summed E-state index contributed by atoms with van der Waals surface area (Å²) in [6, 6.07) is 0.521. The van der Waals surface area contributed by atoms with Crippen molar-refractivity contribution < 1.29 is 14.3 Å². The Morgan fingerprint density at radius 3 is 2.85 bits per heavy atom. The number of esters is 1. The van der Waals surface area contributed by atoms with Crippen LogP contribution < -0.4 is 5.32 Å². The predicted molar refractivity (Wildman–Crippen MR) is 79.8 cm³/mol. The van der Waals surface area contributed by atoms with Crippen LogP contribution in [0.1, 0.15) is 40.0 Å². The lowest BCUT2D eigenvalue weighted by Crippen LogP contribution is -2.50. The van der Waals surface area contributed by atoms with Crippen LogP contribution >= 0.6 is 0 Å². The van der Waals surface area contributed by atoms with E-state index in [-0.39, 0.29) is 5.97 Å². The zero-order valence-electron chi connectivity index (χ0n) is 13.4. The minimum absolute atomic E-state index is 0.156. The third kappa shape index (κ3) is 4.72. The monoisotopic (exact) mass is 286 g/mol. The van der Waals surface area contributed by atoms with E-state index in [1.807, 2.05) is 20.9 Å². The first kappa shape index (κ1) is 17.4. The molecule has 2 atom stereocenters. The molecule has 0 amide bonds. The summed E-state index contributed by atoms with van der Waals surface area (Å²) >= 11 is 0. The molecule has 0 aromatic carbocycles. The van der Waals surface area contributed by atoms with Crippen molar-refractivity contribution in [1.82, 2.24) is 10.2 Å². The molecule has 1 N–H and O–H groups in total. The van der Waals surface area contributed by atoms with Gasteiger partial charge in [0.15, 0.2) is 0 Å². The van der Waals surface area contributed by atoms with Crippen LogP contribution in [0.5, 0.6) is 0 Å². The van der Waals surface area contributed by atoms with Gasteiger partial charge in [0.1, 0.15) is 5.54 Å². The zero-order chi connectivity index (χ0) is 15.0. The van der Waals surface area contributed by atoms with Gasteiger partial charge >= 0.3 is 5.97 Å². The van der Waals surface area contributed by atoms with Gasteiger partial charge < -0.3 is 14.8 Å². The molecule has 118 valence electrons. The molecule has 0 aromatic rings. The molecule has 0 radical (unpaired) electrons. The molecule has 0 spiro atoms. The first-order valence-corrected chi connectivity index (χ1v) is 7.75. The predicted octanol–water partition coefficient (Wildman–Crippen LogP) is 1.42. The molecular weight excluding hydrogens is 256 g/mol. The van der Waals surface area contributed by atoms with Gasteiger partial charge in [-0.25, -0.2) is 0 Å². The molecule has 1 fully saturated rings. The molecule has 1 rings (SSSR count). The van der Waals surface area contributed by atoms with Gasteiger partial charge in [0.05, 0.1) is 19.8 Å². The number of nitrogens with one attached hydrogen (secondary N) is 1. The summed E-state index contributed by atoms with van der Waals surface area (Å²) in [5.41, 5.74) is -0.579. The van der Waals surface area contributed by atoms with E-state index >= 15 is 0 Å². The standard InChI is InChI=1S/C15H30N2O3/c1-5-13-12-19-11-10-17(13)9-7-8-15(3,16-4)14(18)20-6-2/h13,16H,5-12H2,1-4H3. The summed E-state index contributed by atoms with van der Waals surface area (Å²) in [7, 11) is 1.82. The Hall–Kier alpha value is -0.650. The smallest absolute Gasteiger partial charge is 0.326 e. The maximum absolute atomic E-state index is 12.0. The molecule has 0 bridgehead atoms. The largest absolute Gasteiger partial charge is 0.465 e. The third-order valence-electron chi connectivity index (χ3n) is 4.22. The highest BCUT2D eigenvalue weighted by molar-refractivity contribution is 5.80. The van der Waals surface area contributed by atoms with E-state index in [1.54, 1.807) is 0 Å². The van der Waals surface area contributed by atoms with Crippen molar-refractivity contribution in [1.29, 1.82) is 0 Å². The lowest BCUT2D eigenvalue weighted by atomic mass is 9.95. The molecule has 1 aliphatic rings. The molecule has 0 aromatic heterocycles. The van der Waals surface area contributed by atoms with Crippen LogP contribution in [0.25, 0.3) is 0 Å². The van der Waals surface area contributed by atoms with E-state index in [9.17, 15) is 4.79 Å². The van der Waals surface area contributed by atoms with Crippen LogP contribution in [0.3, 0.4) is 0 Å². The lowest BCUT2D eigenvalue weighted by molar-refractivity contribution is -0.150. The average molecular weight is 286 g/mol. The van der Waals surface area contributed by atoms with E-state index in [4.69, 9.17) is 9.47 Å². The summed E-state index contributed by atoms with van der Waals surface area (Å²) in [6.07, 6.45) is 2.88. The van der Waals surface area contributed by atoms with Crippen LogP contribution in [-0.2, 0) is 14.3 Å². The second-order valence-electron chi connectivity index (χ2n) is 5.58. The highest BCUT2D eigenvalue weighted by atomic mass is 16.5. The highest BCUT2D eigenvalue weighted by Crippen LogP contribution is 2.17. The molecule has 1 heterocycles. The normalized spacial score (nSPS) is 23.3. The van der Waals surface area contributed by atoms with Crippen LogP contribution in [0.15, 0.2) is 0 Å². The van der Waals surface area contributed by atoms with Gasteiger partial charge in [-0.1, -0.05) is 6.92 Å². The zero-order valence-corrected chi connectivity index (χ0v) is 13.4. The van der Waals surface area contributed by atoms with Crippen LogP contribution in [0, 0.1) is 0 Å². The molecule has 20 heavy (non-hydrogen) atoms. The maximum atomic E-state index is 12.0. The average Bonchev–Trinajstić information content (AvgIpc) is 2.47. The van der Waals surface area contributed by atoms with Crippen LogP contribution in [-0.4, -0.2) is 62.4 Å². The van der Waals surface area contributed by atoms with Gasteiger partial charge in [0, 0.05) is 12.6 Å². The number of hydrogen-bond donors (Lipinski definition) is 1. The molecule has 1 saturated heterocycles. The first-order chi connectivity index (χ1) is 9.57. The fraction of sp³-hybridized carbons (Fsp3) is 0.933. The lowest BCUT2D eigenvalue weighted by Gasteiger charge is -2.36. The van der Waals surface area contributed by atoms with Crippen molar-refractivity contribution in [2.45, 2.75) is 51.6 Å². The minimum atomic E-state index is -0.579. The Morgan fingerprint density at radius 1 is 1.50 bits per heavy atom. The van der Waals surface area contributed by atoms with Crippen LogP contribution in [0.4, 0.5) is 0 Å². The van der Waals surface area contributed by atoms with Crippen LogP contribution in [0.2, 0.25) is 0 Å². The van der Waals surface area contributed by atoms with Crippen molar-refractivity contribution >= 4 is 5.97 Å². The molecule has 5 nitrogen and oxygen atoms in total. The number of morpholine rings is 1. The molecular formula is C15H30N2O3. The molecule has 5 heteroatoms. The van der Waals surface area contributed by atoms with Gasteiger partial charge in [0.25, 0.3) is 0 Å². The van der Waals surface area contributed by atoms with Gasteiger partial charge in [-0.05, 0) is 46.7 Å². The molecule has 1 aliphatic heterocycles. The topological polar surface area (TPSA) is 50.8 Å². The fourth-order valence-corrected chi connectivity index (χ4v) is 2.61.